The summed E-state index contributed by atoms with van der Waals surface area (Å²) in [5, 5.41) is 5.30. The van der Waals surface area contributed by atoms with Crippen molar-refractivity contribution in [1.82, 2.24) is 5.32 Å². The van der Waals surface area contributed by atoms with Crippen LogP contribution in [0.15, 0.2) is 18.2 Å². The van der Waals surface area contributed by atoms with E-state index in [-0.39, 0.29) is 6.42 Å². The quantitative estimate of drug-likeness (QED) is 0.340. The van der Waals surface area contributed by atoms with Gasteiger partial charge in [0.1, 0.15) is 17.2 Å². The highest BCUT2D eigenvalue weighted by atomic mass is 35.5. The lowest BCUT2D eigenvalue weighted by Gasteiger charge is -2.26. The van der Waals surface area contributed by atoms with E-state index < -0.39 is 35.2 Å². The Labute approximate surface area is 212 Å². The van der Waals surface area contributed by atoms with Crippen LogP contribution in [0.1, 0.15) is 53.5 Å². The van der Waals surface area contributed by atoms with E-state index >= 15 is 0 Å². The summed E-state index contributed by atoms with van der Waals surface area (Å²) in [6, 6.07) is 4.39. The topological polar surface area (TPSA) is 97.0 Å². The second kappa shape index (κ2) is 13.0. The fraction of sp³-hybridized carbons (Fsp3) is 0.625. The van der Waals surface area contributed by atoms with Gasteiger partial charge in [0.2, 0.25) is 5.91 Å². The van der Waals surface area contributed by atoms with E-state index in [1.807, 2.05) is 30.0 Å². The molecular weight excluding hydrogens is 481 g/mol. The summed E-state index contributed by atoms with van der Waals surface area (Å²) >= 11 is 11.8. The third-order valence-electron chi connectivity index (χ3n) is 4.35. The van der Waals surface area contributed by atoms with Crippen molar-refractivity contribution in [3.05, 3.63) is 23.8 Å². The van der Waals surface area contributed by atoms with Crippen molar-refractivity contribution in [2.75, 3.05) is 35.1 Å². The number of amides is 2. The molecule has 0 heterocycles. The van der Waals surface area contributed by atoms with Gasteiger partial charge in [-0.2, -0.15) is 0 Å². The molecular formula is C24H37Cl2N3O5. The first kappa shape index (κ1) is 29.8. The largest absolute Gasteiger partial charge is 0.460 e. The number of aryl methyl sites for hydroxylation is 1. The lowest BCUT2D eigenvalue weighted by molar-refractivity contribution is -0.156. The average Bonchev–Trinajstić information content (AvgIpc) is 2.66. The van der Waals surface area contributed by atoms with Crippen LogP contribution < -0.4 is 15.5 Å². The van der Waals surface area contributed by atoms with Gasteiger partial charge in [-0.05, 0) is 66.2 Å². The van der Waals surface area contributed by atoms with Crippen molar-refractivity contribution in [3.63, 3.8) is 0 Å². The van der Waals surface area contributed by atoms with Gasteiger partial charge in [0, 0.05) is 36.2 Å². The molecule has 0 radical (unpaired) electrons. The van der Waals surface area contributed by atoms with Crippen LogP contribution >= 0.6 is 23.2 Å². The molecule has 34 heavy (non-hydrogen) atoms. The molecule has 2 N–H and O–H groups in total. The SMILES string of the molecule is Cc1ccc(N(CCCl)CCCl)cc1NC(=O)[C@@H](CC(=O)OC(C)(C)C)NC(=O)OC(C)(C)C. The third-order valence-corrected chi connectivity index (χ3v) is 4.69. The van der Waals surface area contributed by atoms with Crippen molar-refractivity contribution >= 4 is 52.5 Å². The van der Waals surface area contributed by atoms with Crippen LogP contribution in [0.5, 0.6) is 0 Å². The smallest absolute Gasteiger partial charge is 0.408 e. The third kappa shape index (κ3) is 11.3. The number of esters is 1. The van der Waals surface area contributed by atoms with Gasteiger partial charge in [0.15, 0.2) is 0 Å². The minimum absolute atomic E-state index is 0.355. The Hall–Kier alpha value is -2.19. The van der Waals surface area contributed by atoms with E-state index in [1.54, 1.807) is 41.5 Å². The van der Waals surface area contributed by atoms with Crippen LogP contribution in [-0.2, 0) is 19.1 Å². The lowest BCUT2D eigenvalue weighted by Crippen LogP contribution is -2.47. The van der Waals surface area contributed by atoms with Gasteiger partial charge in [0.05, 0.1) is 6.42 Å². The molecule has 0 aliphatic heterocycles. The number of halogens is 2. The second-order valence-electron chi connectivity index (χ2n) is 9.84. The molecule has 0 saturated heterocycles. The summed E-state index contributed by atoms with van der Waals surface area (Å²) in [5.74, 6) is -0.350. The van der Waals surface area contributed by atoms with Crippen LogP contribution in [0.4, 0.5) is 16.2 Å². The zero-order chi connectivity index (χ0) is 26.1. The molecule has 0 fully saturated rings. The molecule has 0 bridgehead atoms. The Morgan fingerprint density at radius 1 is 0.971 bits per heavy atom. The average molecular weight is 518 g/mol. The predicted molar refractivity (Wildman–Crippen MR) is 137 cm³/mol. The first-order valence-corrected chi connectivity index (χ1v) is 12.2. The van der Waals surface area contributed by atoms with E-state index in [2.05, 4.69) is 10.6 Å². The summed E-state index contributed by atoms with van der Waals surface area (Å²) in [7, 11) is 0. The Balaban J connectivity index is 3.13. The number of hydrogen-bond acceptors (Lipinski definition) is 6. The first-order valence-electron chi connectivity index (χ1n) is 11.1. The Morgan fingerprint density at radius 3 is 2.03 bits per heavy atom. The van der Waals surface area contributed by atoms with Crippen molar-refractivity contribution in [2.24, 2.45) is 0 Å². The summed E-state index contributed by atoms with van der Waals surface area (Å²) < 4.78 is 10.6. The maximum atomic E-state index is 13.2. The maximum Gasteiger partial charge on any atom is 0.408 e. The maximum absolute atomic E-state index is 13.2. The molecule has 1 atom stereocenters. The monoisotopic (exact) mass is 517 g/mol. The number of nitrogens with zero attached hydrogens (tertiary/aromatic N) is 1. The number of ether oxygens (including phenoxy) is 2. The molecule has 0 saturated carbocycles. The standard InChI is InChI=1S/C24H37Cl2N3O5/c1-16-8-9-17(29(12-10-25)13-11-26)14-18(16)27-21(31)19(15-20(30)33-23(2,3)4)28-22(32)34-24(5,6)7/h8-9,14,19H,10-13,15H2,1-7H3,(H,27,31)(H,28,32)/t19-/m1/s1. The van der Waals surface area contributed by atoms with Crippen LogP contribution in [0, 0.1) is 6.92 Å². The van der Waals surface area contributed by atoms with Gasteiger partial charge in [-0.15, -0.1) is 23.2 Å². The van der Waals surface area contributed by atoms with Gasteiger partial charge in [0.25, 0.3) is 0 Å². The number of alkyl carbamates (subject to hydrolysis) is 1. The number of hydrogen-bond donors (Lipinski definition) is 2. The number of alkyl halides is 2. The summed E-state index contributed by atoms with van der Waals surface area (Å²) in [5.41, 5.74) is 0.685. The van der Waals surface area contributed by atoms with Crippen LogP contribution in [0.25, 0.3) is 0 Å². The summed E-state index contributed by atoms with van der Waals surface area (Å²) in [4.78, 5) is 39.9. The molecule has 10 heteroatoms. The van der Waals surface area contributed by atoms with Gasteiger partial charge in [-0.1, -0.05) is 6.07 Å². The van der Waals surface area contributed by atoms with Crippen LogP contribution in [0.2, 0.25) is 0 Å². The summed E-state index contributed by atoms with van der Waals surface area (Å²) in [6.07, 6.45) is -1.16. The molecule has 192 valence electrons. The number of rotatable bonds is 10. The van der Waals surface area contributed by atoms with Crippen molar-refractivity contribution in [3.8, 4) is 0 Å². The predicted octanol–water partition coefficient (Wildman–Crippen LogP) is 4.84. The molecule has 1 aromatic rings. The number of carbonyl (C=O) groups excluding carboxylic acids is 3. The first-order chi connectivity index (χ1) is 15.6. The van der Waals surface area contributed by atoms with Crippen molar-refractivity contribution < 1.29 is 23.9 Å². The minimum atomic E-state index is -1.20. The van der Waals surface area contributed by atoms with Crippen LogP contribution in [-0.4, -0.2) is 60.1 Å². The van der Waals surface area contributed by atoms with E-state index in [0.29, 0.717) is 30.5 Å². The number of anilines is 2. The second-order valence-corrected chi connectivity index (χ2v) is 10.6. The Morgan fingerprint density at radius 2 is 1.53 bits per heavy atom. The van der Waals surface area contributed by atoms with Crippen molar-refractivity contribution in [2.45, 2.75) is 72.1 Å². The molecule has 0 spiro atoms. The van der Waals surface area contributed by atoms with E-state index in [1.165, 1.54) is 0 Å². The number of carbonyl (C=O) groups is 3. The molecule has 2 amide bonds. The van der Waals surface area contributed by atoms with E-state index in [4.69, 9.17) is 32.7 Å². The molecule has 0 aromatic heterocycles. The molecule has 0 unspecified atom stereocenters. The fourth-order valence-electron chi connectivity index (χ4n) is 2.94. The molecule has 1 rings (SSSR count). The Bertz CT molecular complexity index is 814. The molecule has 1 aromatic carbocycles. The zero-order valence-corrected chi connectivity index (χ0v) is 22.6. The van der Waals surface area contributed by atoms with Crippen LogP contribution in [0.3, 0.4) is 0 Å². The number of benzene rings is 1. The van der Waals surface area contributed by atoms with Gasteiger partial charge in [-0.25, -0.2) is 4.79 Å². The number of nitrogens with one attached hydrogen (secondary N) is 2. The van der Waals surface area contributed by atoms with Gasteiger partial charge in [-0.3, -0.25) is 9.59 Å². The minimum Gasteiger partial charge on any atom is -0.460 e. The molecule has 0 aliphatic rings. The fourth-order valence-corrected chi connectivity index (χ4v) is 3.35. The van der Waals surface area contributed by atoms with Gasteiger partial charge >= 0.3 is 12.1 Å². The highest BCUT2D eigenvalue weighted by molar-refractivity contribution is 6.18. The highest BCUT2D eigenvalue weighted by Crippen LogP contribution is 2.24. The highest BCUT2D eigenvalue weighted by Gasteiger charge is 2.29. The summed E-state index contributed by atoms with van der Waals surface area (Å²) in [6.45, 7) is 13.3. The van der Waals surface area contributed by atoms with E-state index in [0.717, 1.165) is 11.3 Å². The van der Waals surface area contributed by atoms with Gasteiger partial charge < -0.3 is 25.0 Å². The van der Waals surface area contributed by atoms with E-state index in [9.17, 15) is 14.4 Å². The normalized spacial score (nSPS) is 12.5. The molecule has 0 aliphatic carbocycles. The zero-order valence-electron chi connectivity index (χ0n) is 21.1. The molecule has 8 nitrogen and oxygen atoms in total. The van der Waals surface area contributed by atoms with Crippen molar-refractivity contribution in [1.29, 1.82) is 0 Å². The lowest BCUT2D eigenvalue weighted by atomic mass is 10.1. The Kier molecular flexibility index (Phi) is 11.5.